The second-order valence-electron chi connectivity index (χ2n) is 4.00. The van der Waals surface area contributed by atoms with Crippen LogP contribution in [0.1, 0.15) is 29.9 Å². The lowest BCUT2D eigenvalue weighted by Gasteiger charge is -2.24. The number of carbonyl (C=O) groups excluding carboxylic acids is 1. The van der Waals surface area contributed by atoms with E-state index < -0.39 is 0 Å². The first-order valence-electron chi connectivity index (χ1n) is 5.50. The van der Waals surface area contributed by atoms with Crippen LogP contribution >= 0.6 is 0 Å². The van der Waals surface area contributed by atoms with Gasteiger partial charge in [-0.2, -0.15) is 0 Å². The van der Waals surface area contributed by atoms with Crippen LogP contribution in [0.2, 0.25) is 0 Å². The summed E-state index contributed by atoms with van der Waals surface area (Å²) < 4.78 is 10.6. The highest BCUT2D eigenvalue weighted by atomic mass is 16.5. The largest absolute Gasteiger partial charge is 0.493 e. The van der Waals surface area contributed by atoms with Crippen LogP contribution in [0.3, 0.4) is 0 Å². The third-order valence-corrected chi connectivity index (χ3v) is 3.19. The summed E-state index contributed by atoms with van der Waals surface area (Å²) in [5.74, 6) is 1.54. The zero-order valence-corrected chi connectivity index (χ0v) is 9.66. The van der Waals surface area contributed by atoms with Crippen LogP contribution in [0.4, 0.5) is 0 Å². The topological polar surface area (TPSA) is 35.5 Å². The highest BCUT2D eigenvalue weighted by molar-refractivity contribution is 5.66. The van der Waals surface area contributed by atoms with Gasteiger partial charge in [-0.05, 0) is 30.9 Å². The van der Waals surface area contributed by atoms with Gasteiger partial charge in [-0.1, -0.05) is 6.07 Å². The fourth-order valence-electron chi connectivity index (χ4n) is 2.41. The molecular formula is C13H16O3. The highest BCUT2D eigenvalue weighted by Gasteiger charge is 2.24. The molecule has 16 heavy (non-hydrogen) atoms. The summed E-state index contributed by atoms with van der Waals surface area (Å²) in [6.45, 7) is 0. The summed E-state index contributed by atoms with van der Waals surface area (Å²) in [7, 11) is 3.27. The molecule has 0 fully saturated rings. The predicted molar refractivity (Wildman–Crippen MR) is 61.3 cm³/mol. The van der Waals surface area contributed by atoms with E-state index in [-0.39, 0.29) is 5.92 Å². The molecule has 1 aliphatic rings. The molecule has 1 atom stereocenters. The Hall–Kier alpha value is -1.51. The summed E-state index contributed by atoms with van der Waals surface area (Å²) in [5, 5.41) is 0. The number of hydrogen-bond acceptors (Lipinski definition) is 3. The molecule has 0 spiro atoms. The molecule has 86 valence electrons. The zero-order chi connectivity index (χ0) is 11.5. The van der Waals surface area contributed by atoms with Crippen molar-refractivity contribution in [1.82, 2.24) is 0 Å². The van der Waals surface area contributed by atoms with Crippen molar-refractivity contribution >= 4 is 6.29 Å². The van der Waals surface area contributed by atoms with Crippen molar-refractivity contribution in [1.29, 1.82) is 0 Å². The van der Waals surface area contributed by atoms with Crippen LogP contribution in [0.25, 0.3) is 0 Å². The molecule has 0 saturated heterocycles. The Morgan fingerprint density at radius 1 is 1.31 bits per heavy atom. The van der Waals surface area contributed by atoms with Gasteiger partial charge < -0.3 is 14.3 Å². The average Bonchev–Trinajstić information content (AvgIpc) is 2.36. The molecule has 3 heteroatoms. The highest BCUT2D eigenvalue weighted by Crippen LogP contribution is 2.40. The van der Waals surface area contributed by atoms with Crippen molar-refractivity contribution in [3.63, 3.8) is 0 Å². The standard InChI is InChI=1S/C13H16O3/c1-15-12-7-6-10-9(8-14)4-3-5-11(10)13(12)16-2/h6-9H,3-5H2,1-2H3. The Morgan fingerprint density at radius 3 is 2.75 bits per heavy atom. The minimum absolute atomic E-state index is 0.0172. The number of fused-ring (bicyclic) bond motifs is 1. The smallest absolute Gasteiger partial charge is 0.164 e. The van der Waals surface area contributed by atoms with Crippen LogP contribution in [0, 0.1) is 0 Å². The number of carbonyl (C=O) groups is 1. The van der Waals surface area contributed by atoms with E-state index in [1.54, 1.807) is 14.2 Å². The first kappa shape index (κ1) is 11.0. The van der Waals surface area contributed by atoms with Gasteiger partial charge >= 0.3 is 0 Å². The Bertz CT molecular complexity index is 398. The van der Waals surface area contributed by atoms with E-state index in [1.165, 1.54) is 0 Å². The third-order valence-electron chi connectivity index (χ3n) is 3.19. The molecule has 1 aromatic rings. The van der Waals surface area contributed by atoms with E-state index >= 15 is 0 Å². The SMILES string of the molecule is COc1ccc2c(c1OC)CCCC2C=O. The number of methoxy groups -OCH3 is 2. The molecule has 2 rings (SSSR count). The number of rotatable bonds is 3. The van der Waals surface area contributed by atoms with Crippen molar-refractivity contribution < 1.29 is 14.3 Å². The van der Waals surface area contributed by atoms with Crippen LogP contribution in [-0.4, -0.2) is 20.5 Å². The molecule has 1 unspecified atom stereocenters. The lowest BCUT2D eigenvalue weighted by Crippen LogP contribution is -2.12. The van der Waals surface area contributed by atoms with Crippen LogP contribution < -0.4 is 9.47 Å². The van der Waals surface area contributed by atoms with Crippen molar-refractivity contribution in [2.75, 3.05) is 14.2 Å². The Morgan fingerprint density at radius 2 is 2.12 bits per heavy atom. The van der Waals surface area contributed by atoms with Gasteiger partial charge in [0, 0.05) is 11.5 Å². The molecule has 0 aromatic heterocycles. The molecule has 0 bridgehead atoms. The molecule has 1 aliphatic carbocycles. The van der Waals surface area contributed by atoms with Gasteiger partial charge in [-0.15, -0.1) is 0 Å². The number of ether oxygens (including phenoxy) is 2. The first-order valence-corrected chi connectivity index (χ1v) is 5.50. The van der Waals surface area contributed by atoms with Gasteiger partial charge in [-0.25, -0.2) is 0 Å². The second kappa shape index (κ2) is 4.56. The van der Waals surface area contributed by atoms with Gasteiger partial charge in [0.1, 0.15) is 6.29 Å². The number of aldehydes is 1. The molecular weight excluding hydrogens is 204 g/mol. The van der Waals surface area contributed by atoms with Gasteiger partial charge in [-0.3, -0.25) is 0 Å². The number of benzene rings is 1. The lowest BCUT2D eigenvalue weighted by atomic mass is 9.83. The molecule has 0 radical (unpaired) electrons. The van der Waals surface area contributed by atoms with Gasteiger partial charge in [0.05, 0.1) is 14.2 Å². The maximum atomic E-state index is 11.0. The van der Waals surface area contributed by atoms with E-state index in [9.17, 15) is 4.79 Å². The van der Waals surface area contributed by atoms with Crippen molar-refractivity contribution in [3.8, 4) is 11.5 Å². The fourth-order valence-corrected chi connectivity index (χ4v) is 2.41. The number of hydrogen-bond donors (Lipinski definition) is 0. The Kier molecular flexibility index (Phi) is 3.13. The fraction of sp³-hybridized carbons (Fsp3) is 0.462. The van der Waals surface area contributed by atoms with E-state index in [2.05, 4.69) is 0 Å². The van der Waals surface area contributed by atoms with Crippen LogP contribution in [0.5, 0.6) is 11.5 Å². The van der Waals surface area contributed by atoms with E-state index in [0.29, 0.717) is 0 Å². The summed E-state index contributed by atoms with van der Waals surface area (Å²) in [5.41, 5.74) is 2.23. The molecule has 0 amide bonds. The molecule has 0 saturated carbocycles. The summed E-state index contributed by atoms with van der Waals surface area (Å²) in [6.07, 6.45) is 3.95. The maximum Gasteiger partial charge on any atom is 0.164 e. The minimum atomic E-state index is 0.0172. The molecule has 0 heterocycles. The lowest BCUT2D eigenvalue weighted by molar-refractivity contribution is -0.109. The van der Waals surface area contributed by atoms with Gasteiger partial charge in [0.2, 0.25) is 0 Å². The Balaban J connectivity index is 2.54. The van der Waals surface area contributed by atoms with Crippen LogP contribution in [0.15, 0.2) is 12.1 Å². The van der Waals surface area contributed by atoms with E-state index in [0.717, 1.165) is 48.2 Å². The van der Waals surface area contributed by atoms with Crippen LogP contribution in [-0.2, 0) is 11.2 Å². The van der Waals surface area contributed by atoms with Gasteiger partial charge in [0.15, 0.2) is 11.5 Å². The second-order valence-corrected chi connectivity index (χ2v) is 4.00. The quantitative estimate of drug-likeness (QED) is 0.733. The van der Waals surface area contributed by atoms with E-state index in [4.69, 9.17) is 9.47 Å². The molecule has 0 N–H and O–H groups in total. The van der Waals surface area contributed by atoms with E-state index in [1.807, 2.05) is 12.1 Å². The van der Waals surface area contributed by atoms with Crippen molar-refractivity contribution in [3.05, 3.63) is 23.3 Å². The first-order chi connectivity index (χ1) is 7.81. The van der Waals surface area contributed by atoms with Gasteiger partial charge in [0.25, 0.3) is 0 Å². The third kappa shape index (κ3) is 1.66. The molecule has 1 aromatic carbocycles. The predicted octanol–water partition coefficient (Wildman–Crippen LogP) is 2.32. The average molecular weight is 220 g/mol. The molecule has 0 aliphatic heterocycles. The van der Waals surface area contributed by atoms with Crippen molar-refractivity contribution in [2.24, 2.45) is 0 Å². The molecule has 3 nitrogen and oxygen atoms in total. The summed E-state index contributed by atoms with van der Waals surface area (Å²) in [4.78, 5) is 11.0. The zero-order valence-electron chi connectivity index (χ0n) is 9.66. The maximum absolute atomic E-state index is 11.0. The Labute approximate surface area is 95.4 Å². The minimum Gasteiger partial charge on any atom is -0.493 e. The monoisotopic (exact) mass is 220 g/mol. The summed E-state index contributed by atoms with van der Waals surface area (Å²) >= 11 is 0. The normalized spacial score (nSPS) is 18.8. The summed E-state index contributed by atoms with van der Waals surface area (Å²) in [6, 6.07) is 3.86. The van der Waals surface area contributed by atoms with Crippen molar-refractivity contribution in [2.45, 2.75) is 25.2 Å².